The number of nitrogens with one attached hydrogen (secondary N) is 1. The maximum atomic E-state index is 6.02. The Balaban J connectivity index is 2.19. The van der Waals surface area contributed by atoms with Gasteiger partial charge in [0.05, 0.1) is 11.7 Å². The van der Waals surface area contributed by atoms with E-state index >= 15 is 0 Å². The van der Waals surface area contributed by atoms with Crippen LogP contribution in [0, 0.1) is 0 Å². The summed E-state index contributed by atoms with van der Waals surface area (Å²) in [5, 5.41) is 3.59. The smallest absolute Gasteiger partial charge is 0.0805 e. The van der Waals surface area contributed by atoms with Crippen molar-refractivity contribution in [3.05, 3.63) is 29.8 Å². The predicted molar refractivity (Wildman–Crippen MR) is 89.9 cm³/mol. The molecule has 0 amide bonds. The van der Waals surface area contributed by atoms with Gasteiger partial charge in [-0.15, -0.1) is 0 Å². The van der Waals surface area contributed by atoms with Gasteiger partial charge in [-0.05, 0) is 53.2 Å². The number of hydrogen-bond donors (Lipinski definition) is 1. The summed E-state index contributed by atoms with van der Waals surface area (Å²) in [6.07, 6.45) is 0.261. The number of benzene rings is 1. The van der Waals surface area contributed by atoms with Gasteiger partial charge in [0.2, 0.25) is 0 Å². The Kier molecular flexibility index (Phi) is 4.64. The van der Waals surface area contributed by atoms with Crippen molar-refractivity contribution in [2.45, 2.75) is 65.3 Å². The summed E-state index contributed by atoms with van der Waals surface area (Å²) in [7, 11) is 0. The van der Waals surface area contributed by atoms with Crippen LogP contribution in [0.5, 0.6) is 0 Å². The zero-order valence-corrected chi connectivity index (χ0v) is 14.4. The summed E-state index contributed by atoms with van der Waals surface area (Å²) in [5.41, 5.74) is 2.72. The highest BCUT2D eigenvalue weighted by molar-refractivity contribution is 5.54. The first-order valence-electron chi connectivity index (χ1n) is 7.92. The molecule has 0 spiro atoms. The lowest BCUT2D eigenvalue weighted by atomic mass is 10.0. The number of hydrogen-bond acceptors (Lipinski definition) is 3. The van der Waals surface area contributed by atoms with E-state index in [0.29, 0.717) is 0 Å². The summed E-state index contributed by atoms with van der Waals surface area (Å²) in [6.45, 7) is 15.9. The van der Waals surface area contributed by atoms with E-state index in [9.17, 15) is 0 Å². The highest BCUT2D eigenvalue weighted by Crippen LogP contribution is 2.28. The van der Waals surface area contributed by atoms with Crippen molar-refractivity contribution in [3.63, 3.8) is 0 Å². The van der Waals surface area contributed by atoms with Crippen molar-refractivity contribution in [3.8, 4) is 0 Å². The first kappa shape index (κ1) is 16.3. The predicted octanol–water partition coefficient (Wildman–Crippen LogP) is 3.58. The molecule has 0 radical (unpaired) electrons. The normalized spacial score (nSPS) is 22.4. The van der Waals surface area contributed by atoms with E-state index < -0.39 is 0 Å². The number of para-hydroxylation sites is 1. The fourth-order valence-corrected chi connectivity index (χ4v) is 2.97. The molecule has 1 aliphatic heterocycles. The maximum absolute atomic E-state index is 6.02. The van der Waals surface area contributed by atoms with Crippen LogP contribution in [0.25, 0.3) is 0 Å². The Morgan fingerprint density at radius 1 is 1.29 bits per heavy atom. The van der Waals surface area contributed by atoms with E-state index in [4.69, 9.17) is 4.74 Å². The van der Waals surface area contributed by atoms with Gasteiger partial charge in [0.25, 0.3) is 0 Å². The second-order valence-electron chi connectivity index (χ2n) is 7.80. The average Bonchev–Trinajstić information content (AvgIpc) is 2.33. The van der Waals surface area contributed by atoms with Crippen LogP contribution in [-0.2, 0) is 11.3 Å². The second kappa shape index (κ2) is 5.98. The molecule has 1 atom stereocenters. The third-order valence-corrected chi connectivity index (χ3v) is 3.71. The monoisotopic (exact) mass is 290 g/mol. The molecular weight excluding hydrogens is 260 g/mol. The molecule has 21 heavy (non-hydrogen) atoms. The zero-order valence-electron chi connectivity index (χ0n) is 14.4. The molecule has 1 fully saturated rings. The van der Waals surface area contributed by atoms with E-state index in [2.05, 4.69) is 76.0 Å². The van der Waals surface area contributed by atoms with Gasteiger partial charge in [-0.3, -0.25) is 0 Å². The largest absolute Gasteiger partial charge is 0.369 e. The molecule has 1 aromatic rings. The molecule has 0 aromatic heterocycles. The number of anilines is 1. The van der Waals surface area contributed by atoms with Gasteiger partial charge in [0, 0.05) is 30.9 Å². The number of ether oxygens (including phenoxy) is 1. The van der Waals surface area contributed by atoms with Crippen molar-refractivity contribution < 1.29 is 4.74 Å². The summed E-state index contributed by atoms with van der Waals surface area (Å²) in [4.78, 5) is 2.47. The Hall–Kier alpha value is -1.06. The van der Waals surface area contributed by atoms with Crippen LogP contribution in [0.1, 0.15) is 47.1 Å². The van der Waals surface area contributed by atoms with Crippen LogP contribution >= 0.6 is 0 Å². The van der Waals surface area contributed by atoms with Crippen molar-refractivity contribution in [1.29, 1.82) is 0 Å². The summed E-state index contributed by atoms with van der Waals surface area (Å²) in [6, 6.07) is 8.70. The molecule has 1 aliphatic rings. The van der Waals surface area contributed by atoms with Gasteiger partial charge in [-0.2, -0.15) is 0 Å². The molecule has 118 valence electrons. The number of morpholine rings is 1. The molecule has 0 saturated carbocycles. The summed E-state index contributed by atoms with van der Waals surface area (Å²) < 4.78 is 6.02. The molecule has 1 aromatic carbocycles. The van der Waals surface area contributed by atoms with Crippen LogP contribution in [-0.4, -0.2) is 30.3 Å². The van der Waals surface area contributed by atoms with Crippen LogP contribution in [0.4, 0.5) is 5.69 Å². The SMILES string of the molecule is CC1CN(c2ccccc2CNC(C)(C)C)CC(C)(C)O1. The number of rotatable bonds is 3. The first-order valence-corrected chi connectivity index (χ1v) is 7.92. The van der Waals surface area contributed by atoms with E-state index in [1.165, 1.54) is 11.3 Å². The molecule has 1 unspecified atom stereocenters. The minimum atomic E-state index is -0.0950. The van der Waals surface area contributed by atoms with Gasteiger partial charge in [-0.25, -0.2) is 0 Å². The van der Waals surface area contributed by atoms with E-state index in [1.54, 1.807) is 0 Å². The lowest BCUT2D eigenvalue weighted by Crippen LogP contribution is -2.52. The molecule has 1 N–H and O–H groups in total. The molecular formula is C18H30N2O. The quantitative estimate of drug-likeness (QED) is 0.921. The van der Waals surface area contributed by atoms with Gasteiger partial charge in [0.15, 0.2) is 0 Å². The molecule has 1 heterocycles. The minimum Gasteiger partial charge on any atom is -0.369 e. The van der Waals surface area contributed by atoms with Crippen molar-refractivity contribution in [2.75, 3.05) is 18.0 Å². The summed E-state index contributed by atoms with van der Waals surface area (Å²) in [5.74, 6) is 0. The third kappa shape index (κ3) is 4.72. The first-order chi connectivity index (χ1) is 9.66. The van der Waals surface area contributed by atoms with Gasteiger partial charge in [-0.1, -0.05) is 18.2 Å². The molecule has 2 rings (SSSR count). The lowest BCUT2D eigenvalue weighted by Gasteiger charge is -2.43. The summed E-state index contributed by atoms with van der Waals surface area (Å²) >= 11 is 0. The van der Waals surface area contributed by atoms with Crippen LogP contribution < -0.4 is 10.2 Å². The number of nitrogens with zero attached hydrogens (tertiary/aromatic N) is 1. The second-order valence-corrected chi connectivity index (χ2v) is 7.80. The van der Waals surface area contributed by atoms with E-state index in [0.717, 1.165) is 19.6 Å². The molecule has 1 saturated heterocycles. The Bertz CT molecular complexity index is 476. The average molecular weight is 290 g/mol. The van der Waals surface area contributed by atoms with Crippen molar-refractivity contribution in [1.82, 2.24) is 5.32 Å². The van der Waals surface area contributed by atoms with Gasteiger partial charge >= 0.3 is 0 Å². The Morgan fingerprint density at radius 2 is 1.95 bits per heavy atom. The highest BCUT2D eigenvalue weighted by atomic mass is 16.5. The molecule has 0 bridgehead atoms. The topological polar surface area (TPSA) is 24.5 Å². The fourth-order valence-electron chi connectivity index (χ4n) is 2.97. The van der Waals surface area contributed by atoms with E-state index in [1.807, 2.05) is 0 Å². The fraction of sp³-hybridized carbons (Fsp3) is 0.667. The molecule has 0 aliphatic carbocycles. The van der Waals surface area contributed by atoms with Gasteiger partial charge < -0.3 is 15.0 Å². The van der Waals surface area contributed by atoms with Gasteiger partial charge in [0.1, 0.15) is 0 Å². The Labute approximate surface area is 129 Å². The van der Waals surface area contributed by atoms with Crippen LogP contribution in [0.3, 0.4) is 0 Å². The third-order valence-electron chi connectivity index (χ3n) is 3.71. The van der Waals surface area contributed by atoms with E-state index in [-0.39, 0.29) is 17.2 Å². The molecule has 3 nitrogen and oxygen atoms in total. The van der Waals surface area contributed by atoms with Crippen LogP contribution in [0.15, 0.2) is 24.3 Å². The molecule has 3 heteroatoms. The lowest BCUT2D eigenvalue weighted by molar-refractivity contribution is -0.0750. The maximum Gasteiger partial charge on any atom is 0.0805 e. The van der Waals surface area contributed by atoms with Crippen molar-refractivity contribution in [2.24, 2.45) is 0 Å². The standard InChI is InChI=1S/C18H30N2O/c1-14-12-20(13-18(5,6)21-14)16-10-8-7-9-15(16)11-19-17(2,3)4/h7-10,14,19H,11-13H2,1-6H3. The van der Waals surface area contributed by atoms with Crippen molar-refractivity contribution >= 4 is 5.69 Å². The Morgan fingerprint density at radius 3 is 2.57 bits per heavy atom. The van der Waals surface area contributed by atoms with Crippen LogP contribution in [0.2, 0.25) is 0 Å². The highest BCUT2D eigenvalue weighted by Gasteiger charge is 2.32. The zero-order chi connectivity index (χ0) is 15.7. The minimum absolute atomic E-state index is 0.0950.